The van der Waals surface area contributed by atoms with Crippen LogP contribution in [-0.2, 0) is 24.1 Å². The monoisotopic (exact) mass is 192 g/mol. The second-order valence-corrected chi connectivity index (χ2v) is 2.88. The van der Waals surface area contributed by atoms with Gasteiger partial charge in [0.25, 0.3) is 0 Å². The van der Waals surface area contributed by atoms with Gasteiger partial charge < -0.3 is 18.0 Å². The first kappa shape index (κ1) is 10.9. The number of piperazine rings is 1. The maximum absolute atomic E-state index is 10.6. The standard InChI is InChI=1S/C4H7N2O3S.Al.2H/c7-4-3-6(10(8)9)2-1-5-4;;;/h1-3H2,(H,5,7);;;/q-1;+1;;. The Kier molecular flexibility index (Phi) is 4.68. The Morgan fingerprint density at radius 3 is 2.45 bits per heavy atom. The summed E-state index contributed by atoms with van der Waals surface area (Å²) < 4.78 is 21.6. The molecule has 1 aliphatic rings. The third-order valence-corrected chi connectivity index (χ3v) is 1.95. The minimum atomic E-state index is -2.25. The van der Waals surface area contributed by atoms with Crippen molar-refractivity contribution in [1.82, 2.24) is 9.62 Å². The van der Waals surface area contributed by atoms with E-state index in [0.717, 1.165) is 4.31 Å². The number of hydrogen-bond donors (Lipinski definition) is 1. The first-order chi connectivity index (χ1) is 4.70. The first-order valence-corrected chi connectivity index (χ1v) is 3.84. The van der Waals surface area contributed by atoms with Crippen molar-refractivity contribution in [3.63, 3.8) is 0 Å². The van der Waals surface area contributed by atoms with Crippen molar-refractivity contribution in [2.75, 3.05) is 19.6 Å². The zero-order valence-electron chi connectivity index (χ0n) is 6.20. The van der Waals surface area contributed by atoms with Gasteiger partial charge in [0.15, 0.2) is 0 Å². The Hall–Kier alpha value is -0.0875. The van der Waals surface area contributed by atoms with Gasteiger partial charge in [-0.1, -0.05) is 0 Å². The van der Waals surface area contributed by atoms with Crippen LogP contribution in [0.15, 0.2) is 0 Å². The van der Waals surface area contributed by atoms with E-state index in [1.165, 1.54) is 0 Å². The second-order valence-electron chi connectivity index (χ2n) is 1.93. The molecular weight excluding hydrogens is 183 g/mol. The Bertz CT molecular complexity index is 209. The van der Waals surface area contributed by atoms with Gasteiger partial charge in [-0.3, -0.25) is 4.79 Å². The number of carbonyl (C=O) groups excluding carboxylic acids is 1. The first-order valence-electron chi connectivity index (χ1n) is 2.81. The molecule has 0 aromatic heterocycles. The summed E-state index contributed by atoms with van der Waals surface area (Å²) in [6.07, 6.45) is 0. The molecule has 0 spiro atoms. The predicted molar refractivity (Wildman–Crippen MR) is 41.9 cm³/mol. The number of hydrogen-bond acceptors (Lipinski definition) is 4. The molecule has 1 rings (SSSR count). The van der Waals surface area contributed by atoms with Crippen LogP contribution in [0.25, 0.3) is 0 Å². The molecule has 1 N–H and O–H groups in total. The van der Waals surface area contributed by atoms with Gasteiger partial charge in [0.05, 0.1) is 6.54 Å². The van der Waals surface area contributed by atoms with Gasteiger partial charge >= 0.3 is 17.4 Å². The Morgan fingerprint density at radius 1 is 1.45 bits per heavy atom. The van der Waals surface area contributed by atoms with Crippen molar-refractivity contribution in [2.24, 2.45) is 0 Å². The van der Waals surface area contributed by atoms with E-state index in [9.17, 15) is 13.2 Å². The topological polar surface area (TPSA) is 66.5 Å². The summed E-state index contributed by atoms with van der Waals surface area (Å²) in [6.45, 7) is 0.741. The molecule has 1 saturated heterocycles. The van der Waals surface area contributed by atoms with Gasteiger partial charge in [0.1, 0.15) is 0 Å². The molecule has 7 heteroatoms. The van der Waals surface area contributed by atoms with Gasteiger partial charge in [0, 0.05) is 13.1 Å². The molecule has 0 atom stereocenters. The number of amides is 1. The molecular formula is C4H9AlN2O3S. The average molecular weight is 192 g/mol. The summed E-state index contributed by atoms with van der Waals surface area (Å²) in [5.74, 6) is -0.240. The van der Waals surface area contributed by atoms with Gasteiger partial charge in [-0.25, -0.2) is 0 Å². The van der Waals surface area contributed by atoms with E-state index in [1.807, 2.05) is 0 Å². The summed E-state index contributed by atoms with van der Waals surface area (Å²) in [6, 6.07) is 0. The molecule has 1 heterocycles. The van der Waals surface area contributed by atoms with E-state index < -0.39 is 10.9 Å². The molecule has 0 radical (unpaired) electrons. The van der Waals surface area contributed by atoms with Crippen LogP contribution in [0.4, 0.5) is 0 Å². The van der Waals surface area contributed by atoms with E-state index in [1.54, 1.807) is 0 Å². The Labute approximate surface area is 77.0 Å². The van der Waals surface area contributed by atoms with E-state index in [-0.39, 0.29) is 29.8 Å². The molecule has 0 bridgehead atoms. The zero-order valence-corrected chi connectivity index (χ0v) is 9.02. The molecule has 1 fully saturated rings. The summed E-state index contributed by atoms with van der Waals surface area (Å²) in [5.41, 5.74) is 0. The summed E-state index contributed by atoms with van der Waals surface area (Å²) >= 11 is 0. The van der Waals surface area contributed by atoms with Crippen LogP contribution in [0, 0.1) is 0 Å². The van der Waals surface area contributed by atoms with Crippen LogP contribution in [0.2, 0.25) is 0 Å². The van der Waals surface area contributed by atoms with Crippen molar-refractivity contribution >= 4 is 34.2 Å². The minimum absolute atomic E-state index is 0. The second kappa shape index (κ2) is 4.72. The van der Waals surface area contributed by atoms with Crippen LogP contribution >= 0.6 is 0 Å². The average Bonchev–Trinajstić information content (AvgIpc) is 1.88. The Morgan fingerprint density at radius 2 is 2.09 bits per heavy atom. The third kappa shape index (κ3) is 3.21. The van der Waals surface area contributed by atoms with Crippen LogP contribution in [0.1, 0.15) is 0 Å². The number of nitrogens with zero attached hydrogens (tertiary/aromatic N) is 1. The van der Waals surface area contributed by atoms with Crippen molar-refractivity contribution in [1.29, 1.82) is 0 Å². The number of rotatable bonds is 1. The molecule has 11 heavy (non-hydrogen) atoms. The molecule has 0 saturated carbocycles. The fraction of sp³-hybridized carbons (Fsp3) is 0.750. The fourth-order valence-corrected chi connectivity index (χ4v) is 1.21. The molecule has 1 amide bonds. The van der Waals surface area contributed by atoms with Crippen molar-refractivity contribution in [3.05, 3.63) is 0 Å². The molecule has 0 unspecified atom stereocenters. The molecule has 0 aliphatic carbocycles. The Balaban J connectivity index is 0.000001000. The van der Waals surface area contributed by atoms with Crippen LogP contribution in [-0.4, -0.2) is 47.2 Å². The predicted octanol–water partition coefficient (Wildman–Crippen LogP) is -2.27. The molecule has 0 aromatic rings. The van der Waals surface area contributed by atoms with Gasteiger partial charge in [0.2, 0.25) is 5.91 Å². The van der Waals surface area contributed by atoms with Crippen molar-refractivity contribution < 1.29 is 13.2 Å². The van der Waals surface area contributed by atoms with Gasteiger partial charge in [-0.05, 0) is 10.9 Å². The van der Waals surface area contributed by atoms with E-state index >= 15 is 0 Å². The molecule has 62 valence electrons. The third-order valence-electron chi connectivity index (χ3n) is 1.21. The van der Waals surface area contributed by atoms with E-state index in [2.05, 4.69) is 5.32 Å². The van der Waals surface area contributed by atoms with Crippen LogP contribution in [0.3, 0.4) is 0 Å². The van der Waals surface area contributed by atoms with Gasteiger partial charge in [-0.2, -0.15) is 0 Å². The van der Waals surface area contributed by atoms with Gasteiger partial charge in [-0.15, -0.1) is 0 Å². The summed E-state index contributed by atoms with van der Waals surface area (Å²) in [4.78, 5) is 10.6. The quantitative estimate of drug-likeness (QED) is 0.376. The molecule has 1 aliphatic heterocycles. The van der Waals surface area contributed by atoms with E-state index in [0.29, 0.717) is 13.1 Å². The summed E-state index contributed by atoms with van der Waals surface area (Å²) in [7, 11) is -2.25. The van der Waals surface area contributed by atoms with Crippen molar-refractivity contribution in [3.8, 4) is 0 Å². The van der Waals surface area contributed by atoms with E-state index in [4.69, 9.17) is 0 Å². The van der Waals surface area contributed by atoms with Crippen LogP contribution < -0.4 is 5.32 Å². The normalized spacial score (nSPS) is 19.2. The zero-order chi connectivity index (χ0) is 7.56. The molecule has 5 nitrogen and oxygen atoms in total. The fourth-order valence-electron chi connectivity index (χ4n) is 0.742. The van der Waals surface area contributed by atoms with Crippen LogP contribution in [0.5, 0.6) is 0 Å². The molecule has 0 aromatic carbocycles. The van der Waals surface area contributed by atoms with Crippen molar-refractivity contribution in [2.45, 2.75) is 0 Å². The number of nitrogens with one attached hydrogen (secondary N) is 1. The summed E-state index contributed by atoms with van der Waals surface area (Å²) in [5, 5.41) is 2.51. The SMILES string of the molecule is O=C1CN([S-](=O)=O)CCN1.[AlH2+]. The maximum atomic E-state index is 10.6. The number of carbonyl (C=O) groups is 1.